The molecular formula is C26H28ClFN2O3. The Morgan fingerprint density at radius 1 is 1.00 bits per heavy atom. The van der Waals surface area contributed by atoms with E-state index in [0.29, 0.717) is 41.9 Å². The summed E-state index contributed by atoms with van der Waals surface area (Å²) in [4.78, 5) is 12.3. The molecule has 0 aliphatic rings. The van der Waals surface area contributed by atoms with Crippen LogP contribution in [0.25, 0.3) is 0 Å². The quantitative estimate of drug-likeness (QED) is 0.361. The zero-order valence-corrected chi connectivity index (χ0v) is 19.5. The molecule has 0 saturated carbocycles. The summed E-state index contributed by atoms with van der Waals surface area (Å²) in [5.74, 6) is 0.428. The molecule has 33 heavy (non-hydrogen) atoms. The van der Waals surface area contributed by atoms with Gasteiger partial charge in [0, 0.05) is 23.3 Å². The topological polar surface area (TPSA) is 59.6 Å². The monoisotopic (exact) mass is 470 g/mol. The van der Waals surface area contributed by atoms with Crippen LogP contribution in [0, 0.1) is 12.7 Å². The average Bonchev–Trinajstić information content (AvgIpc) is 2.80. The predicted octanol–water partition coefficient (Wildman–Crippen LogP) is 5.54. The number of ether oxygens (including phenoxy) is 2. The Kier molecular flexibility index (Phi) is 9.10. The molecule has 0 aliphatic heterocycles. The number of anilines is 1. The molecule has 3 aromatic carbocycles. The van der Waals surface area contributed by atoms with Crippen molar-refractivity contribution in [2.75, 3.05) is 25.1 Å². The van der Waals surface area contributed by atoms with Crippen molar-refractivity contribution in [3.63, 3.8) is 0 Å². The number of aryl methyl sites for hydroxylation is 1. The van der Waals surface area contributed by atoms with Crippen molar-refractivity contribution in [3.05, 3.63) is 88.2 Å². The third kappa shape index (κ3) is 7.77. The average molecular weight is 471 g/mol. The van der Waals surface area contributed by atoms with Gasteiger partial charge in [-0.05, 0) is 68.3 Å². The second-order valence-corrected chi connectivity index (χ2v) is 7.99. The van der Waals surface area contributed by atoms with E-state index in [9.17, 15) is 9.18 Å². The first-order valence-corrected chi connectivity index (χ1v) is 11.2. The molecule has 7 heteroatoms. The number of rotatable bonds is 11. The van der Waals surface area contributed by atoms with Crippen molar-refractivity contribution in [1.82, 2.24) is 5.32 Å². The summed E-state index contributed by atoms with van der Waals surface area (Å²) < 4.78 is 24.4. The maximum absolute atomic E-state index is 13.0. The van der Waals surface area contributed by atoms with Gasteiger partial charge in [0.1, 0.15) is 5.82 Å². The molecule has 0 unspecified atom stereocenters. The fraction of sp³-hybridized carbons (Fsp3) is 0.269. The lowest BCUT2D eigenvalue weighted by Crippen LogP contribution is -2.20. The van der Waals surface area contributed by atoms with E-state index in [-0.39, 0.29) is 18.3 Å². The van der Waals surface area contributed by atoms with Gasteiger partial charge >= 0.3 is 0 Å². The fourth-order valence-electron chi connectivity index (χ4n) is 3.18. The Morgan fingerprint density at radius 3 is 2.39 bits per heavy atom. The van der Waals surface area contributed by atoms with E-state index in [1.165, 1.54) is 12.1 Å². The van der Waals surface area contributed by atoms with Crippen LogP contribution >= 0.6 is 11.6 Å². The van der Waals surface area contributed by atoms with Crippen LogP contribution in [0.2, 0.25) is 5.02 Å². The van der Waals surface area contributed by atoms with Crippen LogP contribution in [0.4, 0.5) is 10.1 Å². The summed E-state index contributed by atoms with van der Waals surface area (Å²) in [5, 5.41) is 6.65. The summed E-state index contributed by atoms with van der Waals surface area (Å²) in [6, 6.07) is 17.5. The van der Waals surface area contributed by atoms with E-state index in [0.717, 1.165) is 23.1 Å². The van der Waals surface area contributed by atoms with E-state index in [1.807, 2.05) is 44.2 Å². The van der Waals surface area contributed by atoms with E-state index in [4.69, 9.17) is 21.1 Å². The number of amides is 1. The Hall–Kier alpha value is -3.09. The molecule has 174 valence electrons. The van der Waals surface area contributed by atoms with Crippen molar-refractivity contribution in [3.8, 4) is 11.5 Å². The minimum atomic E-state index is -0.274. The Bertz CT molecular complexity index is 1060. The van der Waals surface area contributed by atoms with Gasteiger partial charge in [0.05, 0.1) is 6.61 Å². The van der Waals surface area contributed by atoms with Crippen LogP contribution in [0.5, 0.6) is 11.5 Å². The fourth-order valence-corrected chi connectivity index (χ4v) is 3.40. The third-order valence-electron chi connectivity index (χ3n) is 4.93. The molecule has 3 rings (SSSR count). The maximum atomic E-state index is 13.0. The maximum Gasteiger partial charge on any atom is 0.262 e. The largest absolute Gasteiger partial charge is 0.490 e. The number of hydrogen-bond acceptors (Lipinski definition) is 4. The highest BCUT2D eigenvalue weighted by molar-refractivity contribution is 6.31. The summed E-state index contributed by atoms with van der Waals surface area (Å²) in [6.45, 7) is 5.39. The molecule has 0 radical (unpaired) electrons. The molecule has 0 atom stereocenters. The first kappa shape index (κ1) is 24.6. The summed E-state index contributed by atoms with van der Waals surface area (Å²) in [6.07, 6.45) is 0.771. The Morgan fingerprint density at radius 2 is 1.70 bits per heavy atom. The second kappa shape index (κ2) is 12.2. The standard InChI is InChI=1S/C26H28ClFN2O3/c1-3-32-24-14-20(16-29-13-12-19-6-8-21(28)9-7-19)23(27)15-25(24)33-17-26(31)30-22-10-4-18(2)5-11-22/h4-11,14-15,29H,3,12-13,16-17H2,1-2H3,(H,30,31). The van der Waals surface area contributed by atoms with Gasteiger partial charge in [0.25, 0.3) is 5.91 Å². The normalized spacial score (nSPS) is 10.7. The van der Waals surface area contributed by atoms with Gasteiger partial charge in [-0.2, -0.15) is 0 Å². The minimum absolute atomic E-state index is 0.167. The number of benzene rings is 3. The van der Waals surface area contributed by atoms with Crippen molar-refractivity contribution in [1.29, 1.82) is 0 Å². The molecule has 0 spiro atoms. The van der Waals surface area contributed by atoms with Gasteiger partial charge in [-0.3, -0.25) is 4.79 Å². The SMILES string of the molecule is CCOc1cc(CNCCc2ccc(F)cc2)c(Cl)cc1OCC(=O)Nc1ccc(C)cc1. The molecule has 0 bridgehead atoms. The van der Waals surface area contributed by atoms with Crippen LogP contribution in [0.3, 0.4) is 0 Å². The van der Waals surface area contributed by atoms with Crippen LogP contribution in [-0.4, -0.2) is 25.7 Å². The number of carbonyl (C=O) groups excluding carboxylic acids is 1. The predicted molar refractivity (Wildman–Crippen MR) is 130 cm³/mol. The Balaban J connectivity index is 1.55. The number of carbonyl (C=O) groups is 1. The lowest BCUT2D eigenvalue weighted by Gasteiger charge is -2.15. The van der Waals surface area contributed by atoms with Crippen molar-refractivity contribution >= 4 is 23.2 Å². The van der Waals surface area contributed by atoms with Gasteiger partial charge in [-0.1, -0.05) is 41.4 Å². The van der Waals surface area contributed by atoms with Gasteiger partial charge in [-0.15, -0.1) is 0 Å². The van der Waals surface area contributed by atoms with E-state index in [1.54, 1.807) is 18.2 Å². The molecule has 1 amide bonds. The molecule has 0 aromatic heterocycles. The van der Waals surface area contributed by atoms with E-state index in [2.05, 4.69) is 10.6 Å². The molecule has 3 aromatic rings. The zero-order valence-electron chi connectivity index (χ0n) is 18.8. The van der Waals surface area contributed by atoms with Crippen molar-refractivity contribution in [2.24, 2.45) is 0 Å². The summed E-state index contributed by atoms with van der Waals surface area (Å²) >= 11 is 6.46. The number of hydrogen-bond donors (Lipinski definition) is 2. The molecular weight excluding hydrogens is 443 g/mol. The molecule has 0 saturated heterocycles. The van der Waals surface area contributed by atoms with Crippen LogP contribution < -0.4 is 20.1 Å². The number of halogens is 2. The first-order valence-electron chi connectivity index (χ1n) is 10.8. The lowest BCUT2D eigenvalue weighted by atomic mass is 10.1. The first-order chi connectivity index (χ1) is 15.9. The molecule has 2 N–H and O–H groups in total. The van der Waals surface area contributed by atoms with Gasteiger partial charge in [0.15, 0.2) is 18.1 Å². The Labute approximate surface area is 198 Å². The second-order valence-electron chi connectivity index (χ2n) is 7.58. The van der Waals surface area contributed by atoms with Gasteiger partial charge < -0.3 is 20.1 Å². The minimum Gasteiger partial charge on any atom is -0.490 e. The molecule has 5 nitrogen and oxygen atoms in total. The van der Waals surface area contributed by atoms with E-state index < -0.39 is 0 Å². The lowest BCUT2D eigenvalue weighted by molar-refractivity contribution is -0.118. The highest BCUT2D eigenvalue weighted by Crippen LogP contribution is 2.33. The highest BCUT2D eigenvalue weighted by Gasteiger charge is 2.13. The third-order valence-corrected chi connectivity index (χ3v) is 5.28. The molecule has 0 fully saturated rings. The molecule has 0 heterocycles. The summed E-state index contributed by atoms with van der Waals surface area (Å²) in [7, 11) is 0. The van der Waals surface area contributed by atoms with Crippen LogP contribution in [-0.2, 0) is 17.8 Å². The van der Waals surface area contributed by atoms with E-state index >= 15 is 0 Å². The van der Waals surface area contributed by atoms with Crippen LogP contribution in [0.1, 0.15) is 23.6 Å². The van der Waals surface area contributed by atoms with Crippen molar-refractivity contribution < 1.29 is 18.7 Å². The van der Waals surface area contributed by atoms with Crippen molar-refractivity contribution in [2.45, 2.75) is 26.8 Å². The highest BCUT2D eigenvalue weighted by atomic mass is 35.5. The van der Waals surface area contributed by atoms with Crippen LogP contribution in [0.15, 0.2) is 60.7 Å². The summed E-state index contributed by atoms with van der Waals surface area (Å²) in [5.41, 5.74) is 3.73. The smallest absolute Gasteiger partial charge is 0.262 e. The molecule has 0 aliphatic carbocycles. The number of nitrogens with one attached hydrogen (secondary N) is 2. The zero-order chi connectivity index (χ0) is 23.6. The van der Waals surface area contributed by atoms with Gasteiger partial charge in [0.2, 0.25) is 0 Å². The van der Waals surface area contributed by atoms with Gasteiger partial charge in [-0.25, -0.2) is 4.39 Å².